The molecule has 0 aromatic heterocycles. The van der Waals surface area contributed by atoms with E-state index in [4.69, 9.17) is 27.5 Å². The average molecular weight is 300 g/mol. The van der Waals surface area contributed by atoms with Gasteiger partial charge in [-0.05, 0) is 17.7 Å². The summed E-state index contributed by atoms with van der Waals surface area (Å²) in [6.07, 6.45) is -2.84. The highest BCUT2D eigenvalue weighted by molar-refractivity contribution is 8.13. The molecule has 0 saturated carbocycles. The van der Waals surface area contributed by atoms with Gasteiger partial charge in [-0.15, -0.1) is 11.6 Å². The van der Waals surface area contributed by atoms with E-state index in [0.29, 0.717) is 0 Å². The Kier molecular flexibility index (Phi) is 4.31. The Morgan fingerprint density at radius 1 is 1.41 bits per heavy atom. The Balaban J connectivity index is 3.62. The molecule has 1 aromatic rings. The van der Waals surface area contributed by atoms with Crippen LogP contribution in [0.25, 0.3) is 0 Å². The molecule has 3 nitrogen and oxygen atoms in total. The molecule has 1 rings (SSSR count). The molecule has 17 heavy (non-hydrogen) atoms. The molecule has 0 aliphatic carbocycles. The number of benzene rings is 1. The fourth-order valence-corrected chi connectivity index (χ4v) is 2.51. The van der Waals surface area contributed by atoms with E-state index in [0.717, 1.165) is 12.1 Å². The molecule has 0 amide bonds. The van der Waals surface area contributed by atoms with Crippen molar-refractivity contribution in [2.24, 2.45) is 0 Å². The first-order valence-electron chi connectivity index (χ1n) is 4.17. The molecule has 0 bridgehead atoms. The first-order valence-corrected chi connectivity index (χ1v) is 7.01. The average Bonchev–Trinajstić information content (AvgIpc) is 2.25. The number of halogens is 4. The van der Waals surface area contributed by atoms with E-state index in [1.165, 1.54) is 6.07 Å². The van der Waals surface area contributed by atoms with Crippen molar-refractivity contribution in [3.63, 3.8) is 0 Å². The van der Waals surface area contributed by atoms with Crippen molar-refractivity contribution < 1.29 is 17.2 Å². The van der Waals surface area contributed by atoms with Crippen LogP contribution in [0.2, 0.25) is 0 Å². The minimum Gasteiger partial charge on any atom is -0.207 e. The second-order valence-corrected chi connectivity index (χ2v) is 5.83. The molecule has 0 saturated heterocycles. The zero-order chi connectivity index (χ0) is 13.2. The van der Waals surface area contributed by atoms with E-state index in [9.17, 15) is 17.2 Å². The van der Waals surface area contributed by atoms with Gasteiger partial charge in [0.1, 0.15) is 11.0 Å². The van der Waals surface area contributed by atoms with Gasteiger partial charge in [0.05, 0.1) is 5.56 Å². The monoisotopic (exact) mass is 299 g/mol. The van der Waals surface area contributed by atoms with E-state index < -0.39 is 31.5 Å². The number of nitrogens with zero attached hydrogens (tertiary/aromatic N) is 1. The summed E-state index contributed by atoms with van der Waals surface area (Å²) in [5.74, 6) is -0.301. The van der Waals surface area contributed by atoms with Gasteiger partial charge in [-0.2, -0.15) is 5.26 Å². The second kappa shape index (κ2) is 5.17. The van der Waals surface area contributed by atoms with E-state index in [1.807, 2.05) is 0 Å². The minimum absolute atomic E-state index is 0.0695. The minimum atomic E-state index is -4.17. The SMILES string of the molecule is N#Cc1cc(C(F)F)c(CCl)cc1S(=O)(=O)Cl. The third kappa shape index (κ3) is 3.06. The summed E-state index contributed by atoms with van der Waals surface area (Å²) in [5, 5.41) is 8.70. The van der Waals surface area contributed by atoms with Gasteiger partial charge in [-0.3, -0.25) is 0 Å². The molecule has 0 aliphatic heterocycles. The van der Waals surface area contributed by atoms with Crippen molar-refractivity contribution in [3.05, 3.63) is 28.8 Å². The van der Waals surface area contributed by atoms with Gasteiger partial charge < -0.3 is 0 Å². The molecular weight excluding hydrogens is 295 g/mol. The third-order valence-corrected chi connectivity index (χ3v) is 3.65. The van der Waals surface area contributed by atoms with Crippen molar-refractivity contribution in [3.8, 4) is 6.07 Å². The topological polar surface area (TPSA) is 57.9 Å². The van der Waals surface area contributed by atoms with E-state index in [-0.39, 0.29) is 11.4 Å². The molecule has 0 unspecified atom stereocenters. The second-order valence-electron chi connectivity index (χ2n) is 3.03. The molecule has 0 radical (unpaired) electrons. The standard InChI is InChI=1S/C9H5Cl2F2NO2S/c10-3-5-2-8(17(11,15)16)6(4-14)1-7(5)9(12)13/h1-2,9H,3H2. The van der Waals surface area contributed by atoms with Crippen molar-refractivity contribution in [2.75, 3.05) is 0 Å². The number of rotatable bonds is 3. The van der Waals surface area contributed by atoms with Crippen LogP contribution in [0.3, 0.4) is 0 Å². The highest BCUT2D eigenvalue weighted by Crippen LogP contribution is 2.30. The number of nitriles is 1. The Labute approximate surface area is 106 Å². The smallest absolute Gasteiger partial charge is 0.207 e. The van der Waals surface area contributed by atoms with E-state index in [2.05, 4.69) is 0 Å². The van der Waals surface area contributed by atoms with Crippen LogP contribution in [0.15, 0.2) is 17.0 Å². The first-order chi connectivity index (χ1) is 7.81. The maximum absolute atomic E-state index is 12.6. The van der Waals surface area contributed by atoms with E-state index >= 15 is 0 Å². The number of hydrogen-bond donors (Lipinski definition) is 0. The Hall–Kier alpha value is -0.900. The van der Waals surface area contributed by atoms with Gasteiger partial charge in [0.2, 0.25) is 0 Å². The van der Waals surface area contributed by atoms with Crippen molar-refractivity contribution in [2.45, 2.75) is 17.2 Å². The molecule has 0 spiro atoms. The zero-order valence-electron chi connectivity index (χ0n) is 8.12. The Morgan fingerprint density at radius 3 is 2.35 bits per heavy atom. The summed E-state index contributed by atoms with van der Waals surface area (Å²) in [7, 11) is 0.919. The number of hydrogen-bond acceptors (Lipinski definition) is 3. The highest BCUT2D eigenvalue weighted by Gasteiger charge is 2.22. The van der Waals surface area contributed by atoms with Gasteiger partial charge in [-0.1, -0.05) is 0 Å². The lowest BCUT2D eigenvalue weighted by Crippen LogP contribution is -2.01. The molecule has 0 heterocycles. The summed E-state index contributed by atoms with van der Waals surface area (Å²) >= 11 is 5.44. The van der Waals surface area contributed by atoms with Gasteiger partial charge in [0.15, 0.2) is 0 Å². The van der Waals surface area contributed by atoms with Crippen LogP contribution in [0.1, 0.15) is 23.1 Å². The highest BCUT2D eigenvalue weighted by atomic mass is 35.7. The summed E-state index contributed by atoms with van der Waals surface area (Å²) in [5.41, 5.74) is -0.968. The molecule has 0 aliphatic rings. The summed E-state index contributed by atoms with van der Waals surface area (Å²) in [6, 6.07) is 3.20. The van der Waals surface area contributed by atoms with Crippen LogP contribution < -0.4 is 0 Å². The zero-order valence-corrected chi connectivity index (χ0v) is 10.5. The summed E-state index contributed by atoms with van der Waals surface area (Å²) in [4.78, 5) is -0.512. The van der Waals surface area contributed by atoms with Crippen LogP contribution in [-0.2, 0) is 14.9 Å². The molecule has 0 atom stereocenters. The third-order valence-electron chi connectivity index (χ3n) is 2.00. The maximum atomic E-state index is 12.6. The van der Waals surface area contributed by atoms with Crippen molar-refractivity contribution in [1.29, 1.82) is 5.26 Å². The summed E-state index contributed by atoms with van der Waals surface area (Å²) < 4.78 is 47.5. The predicted molar refractivity (Wildman–Crippen MR) is 58.7 cm³/mol. The fourth-order valence-electron chi connectivity index (χ4n) is 1.25. The van der Waals surface area contributed by atoms with Gasteiger partial charge in [-0.25, -0.2) is 17.2 Å². The molecule has 8 heteroatoms. The van der Waals surface area contributed by atoms with E-state index in [1.54, 1.807) is 0 Å². The predicted octanol–water partition coefficient (Wildman–Crippen LogP) is 3.16. The first kappa shape index (κ1) is 14.2. The van der Waals surface area contributed by atoms with Crippen molar-refractivity contribution >= 4 is 31.3 Å². The van der Waals surface area contributed by atoms with Crippen LogP contribution in [-0.4, -0.2) is 8.42 Å². The Morgan fingerprint density at radius 2 is 2.00 bits per heavy atom. The molecule has 1 aromatic carbocycles. The number of alkyl halides is 3. The lowest BCUT2D eigenvalue weighted by molar-refractivity contribution is 0.150. The lowest BCUT2D eigenvalue weighted by Gasteiger charge is -2.09. The van der Waals surface area contributed by atoms with Gasteiger partial charge in [0, 0.05) is 22.1 Å². The maximum Gasteiger partial charge on any atom is 0.264 e. The van der Waals surface area contributed by atoms with Gasteiger partial charge >= 0.3 is 0 Å². The molecular formula is C9H5Cl2F2NO2S. The summed E-state index contributed by atoms with van der Waals surface area (Å²) in [6.45, 7) is 0. The van der Waals surface area contributed by atoms with Crippen LogP contribution >= 0.6 is 22.3 Å². The van der Waals surface area contributed by atoms with Crippen molar-refractivity contribution in [1.82, 2.24) is 0 Å². The normalized spacial score (nSPS) is 11.5. The molecule has 92 valence electrons. The lowest BCUT2D eigenvalue weighted by atomic mass is 10.1. The molecule has 0 N–H and O–H groups in total. The quantitative estimate of drug-likeness (QED) is 0.636. The fraction of sp³-hybridized carbons (Fsp3) is 0.222. The van der Waals surface area contributed by atoms with Gasteiger partial charge in [0.25, 0.3) is 15.5 Å². The largest absolute Gasteiger partial charge is 0.264 e. The van der Waals surface area contributed by atoms with Crippen LogP contribution in [0.4, 0.5) is 8.78 Å². The molecule has 0 fully saturated rings. The Bertz CT molecular complexity index is 581. The van der Waals surface area contributed by atoms with Crippen LogP contribution in [0, 0.1) is 11.3 Å². The van der Waals surface area contributed by atoms with Crippen LogP contribution in [0.5, 0.6) is 0 Å².